The van der Waals surface area contributed by atoms with Crippen LogP contribution in [0.5, 0.6) is 5.75 Å². The van der Waals surface area contributed by atoms with Crippen LogP contribution in [0.1, 0.15) is 18.2 Å². The van der Waals surface area contributed by atoms with Gasteiger partial charge in [0.1, 0.15) is 12.3 Å². The average Bonchev–Trinajstić information content (AvgIpc) is 3.29. The van der Waals surface area contributed by atoms with Gasteiger partial charge in [-0.2, -0.15) is 4.31 Å². The Hall–Kier alpha value is -3.20. The molecular formula is C28H38ClN5O7S. The molecule has 0 bridgehead atoms. The highest BCUT2D eigenvalue weighted by Gasteiger charge is 2.36. The van der Waals surface area contributed by atoms with Gasteiger partial charge in [-0.1, -0.05) is 18.2 Å². The first kappa shape index (κ1) is 33.3. The Morgan fingerprint density at radius 1 is 1.14 bits per heavy atom. The number of nitrogens with one attached hydrogen (secondary N) is 2. The number of carbonyl (C=O) groups is 2. The minimum Gasteiger partial charge on any atom is -0.497 e. The van der Waals surface area contributed by atoms with E-state index in [0.29, 0.717) is 18.7 Å². The molecule has 3 heterocycles. The predicted molar refractivity (Wildman–Crippen MR) is 159 cm³/mol. The van der Waals surface area contributed by atoms with Crippen molar-refractivity contribution in [3.8, 4) is 5.75 Å². The van der Waals surface area contributed by atoms with Gasteiger partial charge in [0.15, 0.2) is 0 Å². The minimum absolute atomic E-state index is 0. The van der Waals surface area contributed by atoms with E-state index in [2.05, 4.69) is 16.3 Å². The van der Waals surface area contributed by atoms with Crippen molar-refractivity contribution in [3.05, 3.63) is 59.8 Å². The second-order valence-electron chi connectivity index (χ2n) is 9.86. The maximum atomic E-state index is 13.6. The first-order valence-electron chi connectivity index (χ1n) is 13.4. The Bertz CT molecular complexity index is 1440. The van der Waals surface area contributed by atoms with E-state index in [4.69, 9.17) is 19.5 Å². The Morgan fingerprint density at radius 3 is 2.45 bits per heavy atom. The fourth-order valence-electron chi connectivity index (χ4n) is 5.30. The summed E-state index contributed by atoms with van der Waals surface area (Å²) in [6.45, 7) is 6.84. The van der Waals surface area contributed by atoms with Crippen LogP contribution in [0, 0.1) is 0 Å². The predicted octanol–water partition coefficient (Wildman–Crippen LogP) is 1.78. The molecule has 0 unspecified atom stereocenters. The van der Waals surface area contributed by atoms with Crippen molar-refractivity contribution in [3.63, 3.8) is 0 Å². The van der Waals surface area contributed by atoms with Gasteiger partial charge < -0.3 is 19.4 Å². The number of hydrogen-bond donors (Lipinski definition) is 3. The van der Waals surface area contributed by atoms with Crippen LogP contribution in [0.2, 0.25) is 0 Å². The van der Waals surface area contributed by atoms with E-state index in [1.54, 1.807) is 35.7 Å². The van der Waals surface area contributed by atoms with E-state index in [1.165, 1.54) is 5.48 Å². The molecule has 1 fully saturated rings. The number of carbonyl (C=O) groups excluding carboxylic acids is 2. The molecule has 42 heavy (non-hydrogen) atoms. The topological polar surface area (TPSA) is 142 Å². The van der Waals surface area contributed by atoms with Gasteiger partial charge in [-0.15, -0.1) is 12.4 Å². The molecule has 3 aromatic rings. The van der Waals surface area contributed by atoms with Gasteiger partial charge in [-0.05, 0) is 49.2 Å². The molecule has 1 saturated heterocycles. The number of aromatic nitrogens is 1. The summed E-state index contributed by atoms with van der Waals surface area (Å²) in [7, 11) is -2.19. The number of morpholine rings is 1. The molecule has 1 aromatic heterocycles. The number of methoxy groups -OCH3 is 1. The van der Waals surface area contributed by atoms with Crippen LogP contribution in [0.25, 0.3) is 10.9 Å². The van der Waals surface area contributed by atoms with Gasteiger partial charge >= 0.3 is 0 Å². The van der Waals surface area contributed by atoms with Crippen LogP contribution in [0.3, 0.4) is 0 Å². The number of sulfonamides is 1. The quantitative estimate of drug-likeness (QED) is 0.186. The monoisotopic (exact) mass is 623 g/mol. The summed E-state index contributed by atoms with van der Waals surface area (Å²) in [6, 6.07) is 14.2. The van der Waals surface area contributed by atoms with Crippen molar-refractivity contribution >= 4 is 45.7 Å². The highest BCUT2D eigenvalue weighted by molar-refractivity contribution is 7.89. The number of hydroxylamine groups is 1. The second kappa shape index (κ2) is 15.3. The first-order valence-corrected chi connectivity index (χ1v) is 14.9. The van der Waals surface area contributed by atoms with Crippen LogP contribution >= 0.6 is 12.4 Å². The molecule has 0 spiro atoms. The molecule has 3 N–H and O–H groups in total. The molecule has 0 radical (unpaired) electrons. The zero-order valence-electron chi connectivity index (χ0n) is 23.7. The Morgan fingerprint density at radius 2 is 1.81 bits per heavy atom. The van der Waals surface area contributed by atoms with Crippen LogP contribution in [0.4, 0.5) is 0 Å². The van der Waals surface area contributed by atoms with E-state index >= 15 is 0 Å². The third kappa shape index (κ3) is 7.60. The number of ether oxygens (including phenoxy) is 2. The van der Waals surface area contributed by atoms with Gasteiger partial charge in [0.05, 0.1) is 31.8 Å². The molecule has 5 rings (SSSR count). The standard InChI is InChI=1S/C27H34N4O5S.CH3NO2.ClH/c1-20-17-24-23-5-3-4-6-25(23)30(19-27(32)28-11-12-29-13-15-36-16-14-29)26(24)18-31(20)37(33,34)22-9-7-21(35-2)8-10-22;3-1-2-4;/h3-10,20H,11-19H2,1-2H3,(H,28,32);1,4H,(H,2,3);1H/t20-;;/m1../s1. The SMILES string of the molecule is COc1ccc(S(=O)(=O)N2Cc3c(c4ccccc4n3CC(=O)NCCN3CCOCC3)C[C@H]2C)cc1.Cl.O=CNO. The molecule has 14 heteroatoms. The number of benzene rings is 2. The molecular weight excluding hydrogens is 586 g/mol. The highest BCUT2D eigenvalue weighted by Crippen LogP contribution is 2.35. The maximum absolute atomic E-state index is 13.6. The smallest absolute Gasteiger partial charge is 0.243 e. The Balaban J connectivity index is 0.000000911. The molecule has 2 amide bonds. The number of nitrogens with zero attached hydrogens (tertiary/aromatic N) is 3. The van der Waals surface area contributed by atoms with Crippen molar-refractivity contribution in [2.75, 3.05) is 46.5 Å². The van der Waals surface area contributed by atoms with Gasteiger partial charge in [0, 0.05) is 48.8 Å². The molecule has 2 aromatic carbocycles. The number of rotatable bonds is 9. The summed E-state index contributed by atoms with van der Waals surface area (Å²) in [5.74, 6) is 0.521. The third-order valence-electron chi connectivity index (χ3n) is 7.37. The normalized spacial score (nSPS) is 17.3. The molecule has 2 aliphatic rings. The van der Waals surface area contributed by atoms with Crippen LogP contribution in [0.15, 0.2) is 53.4 Å². The lowest BCUT2D eigenvalue weighted by Gasteiger charge is -2.33. The third-order valence-corrected chi connectivity index (χ3v) is 9.34. The molecule has 2 aliphatic heterocycles. The van der Waals surface area contributed by atoms with Gasteiger partial charge in [-0.25, -0.2) is 13.9 Å². The molecule has 0 saturated carbocycles. The lowest BCUT2D eigenvalue weighted by molar-refractivity contribution is -0.121. The fourth-order valence-corrected chi connectivity index (χ4v) is 6.89. The summed E-state index contributed by atoms with van der Waals surface area (Å²) in [5.41, 5.74) is 4.19. The zero-order valence-corrected chi connectivity index (χ0v) is 25.3. The van der Waals surface area contributed by atoms with Crippen molar-refractivity contribution in [2.45, 2.75) is 37.4 Å². The lowest BCUT2D eigenvalue weighted by Crippen LogP contribution is -2.43. The summed E-state index contributed by atoms with van der Waals surface area (Å²) in [5, 5.41) is 11.4. The molecule has 12 nitrogen and oxygen atoms in total. The van der Waals surface area contributed by atoms with Crippen LogP contribution < -0.4 is 15.5 Å². The largest absolute Gasteiger partial charge is 0.497 e. The van der Waals surface area contributed by atoms with E-state index in [0.717, 1.165) is 55.0 Å². The van der Waals surface area contributed by atoms with Crippen molar-refractivity contribution < 1.29 is 32.7 Å². The molecule has 230 valence electrons. The van der Waals surface area contributed by atoms with Crippen LogP contribution in [-0.2, 0) is 43.9 Å². The van der Waals surface area contributed by atoms with Crippen molar-refractivity contribution in [1.29, 1.82) is 0 Å². The van der Waals surface area contributed by atoms with Crippen molar-refractivity contribution in [2.24, 2.45) is 0 Å². The van der Waals surface area contributed by atoms with E-state index in [9.17, 15) is 13.2 Å². The second-order valence-corrected chi connectivity index (χ2v) is 11.7. The van der Waals surface area contributed by atoms with Gasteiger partial charge in [-0.3, -0.25) is 19.7 Å². The van der Waals surface area contributed by atoms with Crippen molar-refractivity contribution in [1.82, 2.24) is 24.6 Å². The lowest BCUT2D eigenvalue weighted by atomic mass is 10.00. The minimum atomic E-state index is -3.74. The zero-order chi connectivity index (χ0) is 29.4. The van der Waals surface area contributed by atoms with Crippen LogP contribution in [-0.4, -0.2) is 92.3 Å². The van der Waals surface area contributed by atoms with Gasteiger partial charge in [0.2, 0.25) is 22.3 Å². The first-order chi connectivity index (χ1) is 19.8. The number of fused-ring (bicyclic) bond motifs is 3. The molecule has 0 aliphatic carbocycles. The number of para-hydroxylation sites is 1. The fraction of sp³-hybridized carbons (Fsp3) is 0.429. The van der Waals surface area contributed by atoms with E-state index < -0.39 is 10.0 Å². The highest BCUT2D eigenvalue weighted by atomic mass is 35.5. The summed E-state index contributed by atoms with van der Waals surface area (Å²) in [4.78, 5) is 24.3. The summed E-state index contributed by atoms with van der Waals surface area (Å²) < 4.78 is 41.4. The summed E-state index contributed by atoms with van der Waals surface area (Å²) in [6.07, 6.45) is 0.761. The van der Waals surface area contributed by atoms with Gasteiger partial charge in [0.25, 0.3) is 0 Å². The maximum Gasteiger partial charge on any atom is 0.243 e. The number of hydrogen-bond acceptors (Lipinski definition) is 8. The molecule has 1 atom stereocenters. The summed E-state index contributed by atoms with van der Waals surface area (Å²) >= 11 is 0. The number of amides is 2. The van der Waals surface area contributed by atoms with E-state index in [-0.39, 0.29) is 48.8 Å². The van der Waals surface area contributed by atoms with E-state index in [1.807, 2.05) is 29.7 Å². The Kier molecular flexibility index (Phi) is 12.2. The number of halogens is 1. The Labute approximate surface area is 252 Å². The average molecular weight is 624 g/mol.